The van der Waals surface area contributed by atoms with Crippen molar-refractivity contribution < 1.29 is 13.9 Å². The lowest BCUT2D eigenvalue weighted by Crippen LogP contribution is -2.37. The predicted molar refractivity (Wildman–Crippen MR) is 106 cm³/mol. The Balaban J connectivity index is 1.89. The molecule has 0 radical (unpaired) electrons. The first kappa shape index (κ1) is 18.5. The average molecular weight is 396 g/mol. The standard InChI is InChI=1S/C20H20N4O3S/c1-3-12-28-20-21-18-17(22-23-20)13-8-5-6-9-14(13)24(16(25)4-2)19(27-18)15-10-7-11-26-15/h5-11,19H,3-4,12H2,1-2H3/t19-/m1/s1. The summed E-state index contributed by atoms with van der Waals surface area (Å²) in [7, 11) is 0. The molecule has 0 N–H and O–H groups in total. The second-order valence-corrected chi connectivity index (χ2v) is 7.28. The van der Waals surface area contributed by atoms with Gasteiger partial charge in [-0.05, 0) is 24.6 Å². The molecule has 4 rings (SSSR count). The van der Waals surface area contributed by atoms with Gasteiger partial charge in [-0.15, -0.1) is 10.2 Å². The summed E-state index contributed by atoms with van der Waals surface area (Å²) in [4.78, 5) is 19.1. The minimum atomic E-state index is -0.773. The maximum Gasteiger partial charge on any atom is 0.247 e. The molecule has 3 aromatic rings. The van der Waals surface area contributed by atoms with Gasteiger partial charge in [0.25, 0.3) is 0 Å². The molecule has 8 heteroatoms. The van der Waals surface area contributed by atoms with Gasteiger partial charge in [-0.2, -0.15) is 4.98 Å². The minimum absolute atomic E-state index is 0.0878. The van der Waals surface area contributed by atoms with E-state index in [1.165, 1.54) is 11.8 Å². The fourth-order valence-electron chi connectivity index (χ4n) is 3.02. The van der Waals surface area contributed by atoms with Gasteiger partial charge >= 0.3 is 0 Å². The number of hydrogen-bond acceptors (Lipinski definition) is 7. The Morgan fingerprint density at radius 2 is 2.04 bits per heavy atom. The van der Waals surface area contributed by atoms with Gasteiger partial charge in [-0.25, -0.2) is 0 Å². The van der Waals surface area contributed by atoms with Gasteiger partial charge in [0.2, 0.25) is 23.2 Å². The Labute approximate surface area is 167 Å². The van der Waals surface area contributed by atoms with E-state index in [0.29, 0.717) is 34.6 Å². The second-order valence-electron chi connectivity index (χ2n) is 6.22. The first-order chi connectivity index (χ1) is 13.7. The molecule has 0 saturated heterocycles. The Morgan fingerprint density at radius 1 is 1.18 bits per heavy atom. The van der Waals surface area contributed by atoms with Crippen LogP contribution in [0.5, 0.6) is 5.88 Å². The highest BCUT2D eigenvalue weighted by Crippen LogP contribution is 2.43. The highest BCUT2D eigenvalue weighted by molar-refractivity contribution is 7.99. The third-order valence-electron chi connectivity index (χ3n) is 4.30. The van der Waals surface area contributed by atoms with Crippen molar-refractivity contribution in [3.8, 4) is 17.1 Å². The lowest BCUT2D eigenvalue weighted by Gasteiger charge is -2.28. The van der Waals surface area contributed by atoms with E-state index < -0.39 is 6.23 Å². The Hall–Kier alpha value is -2.87. The molecule has 0 fully saturated rings. The van der Waals surface area contributed by atoms with Gasteiger partial charge in [0.05, 0.1) is 12.0 Å². The van der Waals surface area contributed by atoms with Crippen LogP contribution < -0.4 is 9.64 Å². The molecule has 1 aliphatic heterocycles. The molecule has 1 atom stereocenters. The van der Waals surface area contributed by atoms with Crippen molar-refractivity contribution in [2.45, 2.75) is 38.1 Å². The molecule has 1 aromatic carbocycles. The van der Waals surface area contributed by atoms with E-state index in [0.717, 1.165) is 17.7 Å². The molecular formula is C20H20N4O3S. The number of ether oxygens (including phenoxy) is 1. The van der Waals surface area contributed by atoms with E-state index >= 15 is 0 Å². The van der Waals surface area contributed by atoms with Crippen molar-refractivity contribution >= 4 is 23.4 Å². The summed E-state index contributed by atoms with van der Waals surface area (Å²) in [5.41, 5.74) is 1.96. The number of rotatable bonds is 5. The van der Waals surface area contributed by atoms with E-state index in [2.05, 4.69) is 22.1 Å². The Bertz CT molecular complexity index is 977. The van der Waals surface area contributed by atoms with Crippen LogP contribution in [-0.2, 0) is 4.79 Å². The third kappa shape index (κ3) is 3.35. The van der Waals surface area contributed by atoms with Gasteiger partial charge in [0, 0.05) is 17.7 Å². The number of hydrogen-bond donors (Lipinski definition) is 0. The molecule has 144 valence electrons. The van der Waals surface area contributed by atoms with Crippen molar-refractivity contribution in [3.63, 3.8) is 0 Å². The summed E-state index contributed by atoms with van der Waals surface area (Å²) in [6.07, 6.45) is 2.11. The number of anilines is 1. The summed E-state index contributed by atoms with van der Waals surface area (Å²) < 4.78 is 11.8. The van der Waals surface area contributed by atoms with Crippen molar-refractivity contribution in [2.24, 2.45) is 0 Å². The van der Waals surface area contributed by atoms with E-state index in [9.17, 15) is 4.79 Å². The molecule has 1 aliphatic rings. The predicted octanol–water partition coefficient (Wildman–Crippen LogP) is 4.47. The van der Waals surface area contributed by atoms with Crippen LogP contribution in [0.25, 0.3) is 11.3 Å². The summed E-state index contributed by atoms with van der Waals surface area (Å²) in [6.45, 7) is 3.91. The van der Waals surface area contributed by atoms with Crippen LogP contribution in [0.15, 0.2) is 52.2 Å². The van der Waals surface area contributed by atoms with Crippen LogP contribution in [0.2, 0.25) is 0 Å². The fraction of sp³-hybridized carbons (Fsp3) is 0.300. The van der Waals surface area contributed by atoms with Crippen LogP contribution in [-0.4, -0.2) is 26.8 Å². The quantitative estimate of drug-likeness (QED) is 0.589. The van der Waals surface area contributed by atoms with Crippen molar-refractivity contribution in [1.82, 2.24) is 15.2 Å². The van der Waals surface area contributed by atoms with Gasteiger partial charge < -0.3 is 9.15 Å². The van der Waals surface area contributed by atoms with E-state index in [-0.39, 0.29) is 5.91 Å². The molecule has 0 aliphatic carbocycles. The van der Waals surface area contributed by atoms with E-state index in [1.54, 1.807) is 23.3 Å². The van der Waals surface area contributed by atoms with Gasteiger partial charge in [-0.3, -0.25) is 9.69 Å². The van der Waals surface area contributed by atoms with Crippen molar-refractivity contribution in [1.29, 1.82) is 0 Å². The number of fused-ring (bicyclic) bond motifs is 3. The molecule has 0 unspecified atom stereocenters. The summed E-state index contributed by atoms with van der Waals surface area (Å²) in [6, 6.07) is 11.1. The SMILES string of the molecule is CCCSc1nnc2c(n1)O[C@H](c1ccco1)N(C(=O)CC)c1ccccc1-2. The first-order valence-corrected chi connectivity index (χ1v) is 10.2. The first-order valence-electron chi connectivity index (χ1n) is 9.22. The van der Waals surface area contributed by atoms with Crippen LogP contribution in [0.3, 0.4) is 0 Å². The highest BCUT2D eigenvalue weighted by Gasteiger charge is 2.36. The van der Waals surface area contributed by atoms with Crippen molar-refractivity contribution in [2.75, 3.05) is 10.7 Å². The van der Waals surface area contributed by atoms with Crippen LogP contribution in [0.4, 0.5) is 5.69 Å². The zero-order chi connectivity index (χ0) is 19.5. The van der Waals surface area contributed by atoms with Crippen LogP contribution in [0, 0.1) is 0 Å². The second kappa shape index (κ2) is 8.02. The van der Waals surface area contributed by atoms with Gasteiger partial charge in [0.1, 0.15) is 0 Å². The number of nitrogens with zero attached hydrogens (tertiary/aromatic N) is 4. The largest absolute Gasteiger partial charge is 0.463 e. The van der Waals surface area contributed by atoms with Crippen molar-refractivity contribution in [3.05, 3.63) is 48.4 Å². The summed E-state index contributed by atoms with van der Waals surface area (Å²) >= 11 is 1.52. The third-order valence-corrected chi connectivity index (χ3v) is 5.35. The monoisotopic (exact) mass is 396 g/mol. The molecule has 0 bridgehead atoms. The number of carbonyl (C=O) groups is 1. The van der Waals surface area contributed by atoms with Crippen LogP contribution >= 0.6 is 11.8 Å². The highest BCUT2D eigenvalue weighted by atomic mass is 32.2. The number of aromatic nitrogens is 3. The molecule has 0 spiro atoms. The Morgan fingerprint density at radius 3 is 2.79 bits per heavy atom. The number of furan rings is 1. The number of thioether (sulfide) groups is 1. The molecule has 28 heavy (non-hydrogen) atoms. The summed E-state index contributed by atoms with van der Waals surface area (Å²) in [5.74, 6) is 1.66. The normalized spacial score (nSPS) is 15.4. The smallest absolute Gasteiger partial charge is 0.247 e. The van der Waals surface area contributed by atoms with E-state index in [4.69, 9.17) is 9.15 Å². The number of amides is 1. The number of benzene rings is 1. The molecule has 0 saturated carbocycles. The Kier molecular flexibility index (Phi) is 5.29. The topological polar surface area (TPSA) is 81.3 Å². The lowest BCUT2D eigenvalue weighted by atomic mass is 10.1. The molecular weight excluding hydrogens is 376 g/mol. The lowest BCUT2D eigenvalue weighted by molar-refractivity contribution is -0.120. The van der Waals surface area contributed by atoms with E-state index in [1.807, 2.05) is 31.2 Å². The fourth-order valence-corrected chi connectivity index (χ4v) is 3.66. The average Bonchev–Trinajstić information content (AvgIpc) is 3.22. The zero-order valence-corrected chi connectivity index (χ0v) is 16.5. The maximum atomic E-state index is 12.9. The molecule has 1 amide bonds. The minimum Gasteiger partial charge on any atom is -0.463 e. The zero-order valence-electron chi connectivity index (χ0n) is 15.7. The van der Waals surface area contributed by atoms with Gasteiger partial charge in [0.15, 0.2) is 11.5 Å². The molecule has 7 nitrogen and oxygen atoms in total. The number of carbonyl (C=O) groups excluding carboxylic acids is 1. The molecule has 2 aromatic heterocycles. The van der Waals surface area contributed by atoms with Gasteiger partial charge in [-0.1, -0.05) is 43.8 Å². The number of para-hydroxylation sites is 1. The summed E-state index contributed by atoms with van der Waals surface area (Å²) in [5, 5.41) is 9.17. The maximum absolute atomic E-state index is 12.9. The van der Waals surface area contributed by atoms with Crippen LogP contribution in [0.1, 0.15) is 38.7 Å². The molecule has 3 heterocycles.